The molecule has 2 aromatic rings. The van der Waals surface area contributed by atoms with Crippen LogP contribution in [-0.4, -0.2) is 76.1 Å². The molecule has 2 bridgehead atoms. The number of β-amino-alcohol motifs (C(OH)–C–C–N with tert-alkyl or cyclic N) is 1. The third-order valence-corrected chi connectivity index (χ3v) is 9.44. The van der Waals surface area contributed by atoms with Crippen molar-refractivity contribution in [2.75, 3.05) is 31.1 Å². The molecule has 0 aromatic heterocycles. The van der Waals surface area contributed by atoms with Crippen LogP contribution in [0.25, 0.3) is 0 Å². The molecule has 0 saturated carbocycles. The third-order valence-electron chi connectivity index (χ3n) is 9.12. The number of fused-ring (bicyclic) bond motifs is 1. The highest BCUT2D eigenvalue weighted by molar-refractivity contribution is 6.34. The molecule has 2 aromatic carbocycles. The maximum atomic E-state index is 14.5. The molecule has 3 saturated heterocycles. The number of halogens is 1. The molecule has 3 aliphatic rings. The summed E-state index contributed by atoms with van der Waals surface area (Å²) in [5.41, 5.74) is -0.645. The van der Waals surface area contributed by atoms with E-state index in [1.807, 2.05) is 37.3 Å². The zero-order chi connectivity index (χ0) is 30.1. The van der Waals surface area contributed by atoms with Crippen molar-refractivity contribution in [2.24, 2.45) is 11.8 Å². The molecule has 9 heteroatoms. The Kier molecular flexibility index (Phi) is 8.60. The van der Waals surface area contributed by atoms with Crippen LogP contribution in [0, 0.1) is 11.8 Å². The monoisotopic (exact) mass is 591 g/mol. The molecule has 8 nitrogen and oxygen atoms in total. The Labute approximate surface area is 252 Å². The Morgan fingerprint density at radius 3 is 2.40 bits per heavy atom. The maximum Gasteiger partial charge on any atom is 0.253 e. The second kappa shape index (κ2) is 12.0. The molecular weight excluding hydrogens is 554 g/mol. The van der Waals surface area contributed by atoms with Gasteiger partial charge in [0.2, 0.25) is 11.8 Å². The van der Waals surface area contributed by atoms with Gasteiger partial charge in [0.1, 0.15) is 11.6 Å². The Morgan fingerprint density at radius 2 is 1.76 bits per heavy atom. The van der Waals surface area contributed by atoms with Crippen LogP contribution in [0.2, 0.25) is 5.02 Å². The highest BCUT2D eigenvalue weighted by atomic mass is 35.5. The number of carbonyl (C=O) groups is 3. The number of likely N-dealkylation sites (tertiary alicyclic amines) is 1. The number of benzene rings is 2. The lowest BCUT2D eigenvalue weighted by molar-refractivity contribution is -0.151. The van der Waals surface area contributed by atoms with Gasteiger partial charge in [-0.3, -0.25) is 14.4 Å². The lowest BCUT2D eigenvalue weighted by Crippen LogP contribution is -2.57. The van der Waals surface area contributed by atoms with Crippen molar-refractivity contribution in [3.8, 4) is 0 Å². The van der Waals surface area contributed by atoms with Crippen LogP contribution < -0.4 is 4.90 Å². The number of nitrogens with zero attached hydrogens (tertiary/aromatic N) is 3. The van der Waals surface area contributed by atoms with Gasteiger partial charge in [0.05, 0.1) is 34.8 Å². The smallest absolute Gasteiger partial charge is 0.253 e. The summed E-state index contributed by atoms with van der Waals surface area (Å²) in [6, 6.07) is 15.7. The summed E-state index contributed by atoms with van der Waals surface area (Å²) in [6.07, 6.45) is 4.79. The molecule has 1 spiro atoms. The third kappa shape index (κ3) is 4.75. The minimum absolute atomic E-state index is 0.0538. The van der Waals surface area contributed by atoms with Crippen molar-refractivity contribution in [1.29, 1.82) is 0 Å². The van der Waals surface area contributed by atoms with Crippen molar-refractivity contribution in [1.82, 2.24) is 9.80 Å². The Balaban J connectivity index is 1.58. The first kappa shape index (κ1) is 30.0. The average molecular weight is 592 g/mol. The zero-order valence-corrected chi connectivity index (χ0v) is 24.7. The molecule has 3 fully saturated rings. The number of aliphatic hydroxyl groups excluding tert-OH is 1. The normalized spacial score (nSPS) is 27.5. The van der Waals surface area contributed by atoms with Crippen LogP contribution in [0.15, 0.2) is 79.9 Å². The number of carbonyl (C=O) groups excluding carboxylic acids is 3. The summed E-state index contributed by atoms with van der Waals surface area (Å²) < 4.78 is 6.88. The molecule has 5 rings (SSSR count). The fourth-order valence-corrected chi connectivity index (χ4v) is 7.60. The minimum Gasteiger partial charge on any atom is -0.395 e. The van der Waals surface area contributed by atoms with Gasteiger partial charge in [-0.15, -0.1) is 13.2 Å². The van der Waals surface area contributed by atoms with E-state index < -0.39 is 29.1 Å². The van der Waals surface area contributed by atoms with Crippen LogP contribution in [0.4, 0.5) is 5.69 Å². The van der Waals surface area contributed by atoms with E-state index in [0.29, 0.717) is 43.1 Å². The van der Waals surface area contributed by atoms with Gasteiger partial charge in [-0.25, -0.2) is 0 Å². The first-order valence-corrected chi connectivity index (χ1v) is 14.9. The van der Waals surface area contributed by atoms with E-state index in [9.17, 15) is 19.5 Å². The Hall–Kier alpha value is -3.46. The maximum absolute atomic E-state index is 14.5. The van der Waals surface area contributed by atoms with E-state index in [1.165, 1.54) is 9.80 Å². The first-order chi connectivity index (χ1) is 20.3. The fraction of sp³-hybridized carbons (Fsp3) is 0.424. The molecule has 42 heavy (non-hydrogen) atoms. The lowest BCUT2D eigenvalue weighted by Gasteiger charge is -2.37. The molecule has 5 atom stereocenters. The van der Waals surface area contributed by atoms with Crippen molar-refractivity contribution < 1.29 is 24.2 Å². The van der Waals surface area contributed by atoms with Crippen molar-refractivity contribution in [3.63, 3.8) is 0 Å². The van der Waals surface area contributed by atoms with Gasteiger partial charge in [-0.2, -0.15) is 0 Å². The standard InChI is InChI=1S/C33H38ClN3O5/c1-4-18-35(22-23-12-8-7-9-13-23)29(39)26-27-30(40)37(20-21-38)28(33(27)17-16-32(26,6-3)42-33)31(41)36(19-5-2)25-15-11-10-14-24(25)34/h4-5,7-15,26-28,38H,1-2,6,16-22H2,3H3/t26-,27+,28?,32+,33?/m1/s1. The van der Waals surface area contributed by atoms with Crippen LogP contribution in [-0.2, 0) is 25.7 Å². The molecule has 0 radical (unpaired) electrons. The van der Waals surface area contributed by atoms with E-state index in [-0.39, 0.29) is 37.4 Å². The van der Waals surface area contributed by atoms with E-state index in [2.05, 4.69) is 13.2 Å². The topological polar surface area (TPSA) is 90.4 Å². The van der Waals surface area contributed by atoms with Crippen LogP contribution in [0.5, 0.6) is 0 Å². The van der Waals surface area contributed by atoms with Crippen molar-refractivity contribution in [3.05, 3.63) is 90.5 Å². The van der Waals surface area contributed by atoms with Gasteiger partial charge in [0, 0.05) is 26.2 Å². The van der Waals surface area contributed by atoms with Crippen LogP contribution in [0.1, 0.15) is 31.7 Å². The highest BCUT2D eigenvalue weighted by Crippen LogP contribution is 2.64. The number of amides is 3. The summed E-state index contributed by atoms with van der Waals surface area (Å²) in [7, 11) is 0. The van der Waals surface area contributed by atoms with E-state index >= 15 is 0 Å². The van der Waals surface area contributed by atoms with E-state index in [4.69, 9.17) is 16.3 Å². The Morgan fingerprint density at radius 1 is 1.07 bits per heavy atom. The molecule has 2 unspecified atom stereocenters. The summed E-state index contributed by atoms with van der Waals surface area (Å²) in [4.78, 5) is 48.0. The van der Waals surface area contributed by atoms with Gasteiger partial charge < -0.3 is 24.5 Å². The molecule has 1 N–H and O–H groups in total. The predicted octanol–water partition coefficient (Wildman–Crippen LogP) is 4.22. The summed E-state index contributed by atoms with van der Waals surface area (Å²) in [5, 5.41) is 10.4. The average Bonchev–Trinajstić information content (AvgIpc) is 3.60. The summed E-state index contributed by atoms with van der Waals surface area (Å²) in [6.45, 7) is 10.1. The van der Waals surface area contributed by atoms with E-state index in [1.54, 1.807) is 41.3 Å². The number of hydrogen-bond acceptors (Lipinski definition) is 5. The molecule has 222 valence electrons. The number of aliphatic hydroxyl groups is 1. The second-order valence-corrected chi connectivity index (χ2v) is 11.7. The summed E-state index contributed by atoms with van der Waals surface area (Å²) in [5.74, 6) is -2.54. The molecule has 0 aliphatic carbocycles. The first-order valence-electron chi connectivity index (χ1n) is 14.5. The largest absolute Gasteiger partial charge is 0.395 e. The quantitative estimate of drug-likeness (QED) is 0.373. The van der Waals surface area contributed by atoms with Crippen molar-refractivity contribution in [2.45, 2.75) is 50.0 Å². The molecule has 3 heterocycles. The number of rotatable bonds is 12. The number of anilines is 1. The van der Waals surface area contributed by atoms with Gasteiger partial charge >= 0.3 is 0 Å². The van der Waals surface area contributed by atoms with Crippen LogP contribution >= 0.6 is 11.6 Å². The zero-order valence-electron chi connectivity index (χ0n) is 24.0. The summed E-state index contributed by atoms with van der Waals surface area (Å²) >= 11 is 6.52. The van der Waals surface area contributed by atoms with Gasteiger partial charge in [0.25, 0.3) is 5.91 Å². The second-order valence-electron chi connectivity index (χ2n) is 11.3. The number of ether oxygens (including phenoxy) is 1. The predicted molar refractivity (Wildman–Crippen MR) is 162 cm³/mol. The van der Waals surface area contributed by atoms with Gasteiger partial charge in [-0.1, -0.05) is 73.1 Å². The number of hydrogen-bond donors (Lipinski definition) is 1. The van der Waals surface area contributed by atoms with E-state index in [0.717, 1.165) is 5.56 Å². The molecule has 3 amide bonds. The number of para-hydroxylation sites is 1. The highest BCUT2D eigenvalue weighted by Gasteiger charge is 2.79. The fourth-order valence-electron chi connectivity index (χ4n) is 7.36. The van der Waals surface area contributed by atoms with Crippen molar-refractivity contribution >= 4 is 35.0 Å². The minimum atomic E-state index is -1.22. The van der Waals surface area contributed by atoms with Gasteiger partial charge in [-0.05, 0) is 37.0 Å². The van der Waals surface area contributed by atoms with Gasteiger partial charge in [0.15, 0.2) is 0 Å². The SMILES string of the molecule is C=CCN(Cc1ccccc1)C(=O)[C@H]1[C@H]2C(=O)N(CCO)C(C(=O)N(CC=C)c3ccccc3Cl)C23CC[C@]1(CC)O3. The Bertz CT molecular complexity index is 1370. The van der Waals surface area contributed by atoms with Crippen LogP contribution in [0.3, 0.4) is 0 Å². The lowest BCUT2D eigenvalue weighted by atomic mass is 9.64. The molecular formula is C33H38ClN3O5. The molecule has 3 aliphatic heterocycles.